The second-order valence-corrected chi connectivity index (χ2v) is 5.51. The van der Waals surface area contributed by atoms with Crippen LogP contribution in [-0.4, -0.2) is 45.6 Å². The maximum atomic E-state index is 14.3. The number of hydrogen-bond acceptors (Lipinski definition) is 6. The van der Waals surface area contributed by atoms with Gasteiger partial charge in [-0.3, -0.25) is 0 Å². The molecule has 0 heterocycles. The summed E-state index contributed by atoms with van der Waals surface area (Å²) in [6, 6.07) is 7.72. The van der Waals surface area contributed by atoms with Crippen molar-refractivity contribution < 1.29 is 33.2 Å². The van der Waals surface area contributed by atoms with Crippen molar-refractivity contribution >= 4 is 11.7 Å². The Labute approximate surface area is 184 Å². The van der Waals surface area contributed by atoms with Crippen LogP contribution in [0.3, 0.4) is 0 Å². The molecule has 174 valence electrons. The Kier molecular flexibility index (Phi) is 14.3. The second kappa shape index (κ2) is 15.8. The summed E-state index contributed by atoms with van der Waals surface area (Å²) >= 11 is 0. The van der Waals surface area contributed by atoms with E-state index in [1.165, 1.54) is 20.3 Å². The van der Waals surface area contributed by atoms with Gasteiger partial charge in [-0.25, -0.2) is 9.18 Å². The zero-order chi connectivity index (χ0) is 23.8. The molecule has 0 aliphatic heterocycles. The number of ether oxygens (including phenoxy) is 4. The molecule has 0 saturated carbocycles. The van der Waals surface area contributed by atoms with Gasteiger partial charge in [0.15, 0.2) is 0 Å². The highest BCUT2D eigenvalue weighted by Gasteiger charge is 2.19. The van der Waals surface area contributed by atoms with E-state index in [4.69, 9.17) is 18.9 Å². The zero-order valence-corrected chi connectivity index (χ0v) is 19.4. The Morgan fingerprint density at radius 1 is 0.968 bits per heavy atom. The molecule has 0 aliphatic carbocycles. The highest BCUT2D eigenvalue weighted by Crippen LogP contribution is 2.29. The SMILES string of the molecule is CC.CC.COCCOc1cc(F)c(C(=O)O)c(NCc2ccc(OC)cc2OC)c1. The van der Waals surface area contributed by atoms with E-state index in [9.17, 15) is 14.3 Å². The van der Waals surface area contributed by atoms with Gasteiger partial charge >= 0.3 is 5.97 Å². The zero-order valence-electron chi connectivity index (χ0n) is 19.4. The lowest BCUT2D eigenvalue weighted by Gasteiger charge is -2.15. The van der Waals surface area contributed by atoms with E-state index in [2.05, 4.69) is 5.32 Å². The van der Waals surface area contributed by atoms with Gasteiger partial charge in [-0.1, -0.05) is 27.7 Å². The van der Waals surface area contributed by atoms with Crippen molar-refractivity contribution in [2.75, 3.05) is 39.9 Å². The number of benzene rings is 2. The molecule has 8 heteroatoms. The third-order valence-electron chi connectivity index (χ3n) is 3.80. The van der Waals surface area contributed by atoms with Crippen LogP contribution in [0.4, 0.5) is 10.1 Å². The lowest BCUT2D eigenvalue weighted by molar-refractivity contribution is 0.0693. The van der Waals surface area contributed by atoms with E-state index in [-0.39, 0.29) is 24.6 Å². The van der Waals surface area contributed by atoms with Gasteiger partial charge in [-0.05, 0) is 12.1 Å². The molecule has 7 nitrogen and oxygen atoms in total. The van der Waals surface area contributed by atoms with Crippen LogP contribution < -0.4 is 19.5 Å². The number of methoxy groups -OCH3 is 3. The largest absolute Gasteiger partial charge is 0.497 e. The van der Waals surface area contributed by atoms with Gasteiger partial charge in [0, 0.05) is 37.4 Å². The minimum absolute atomic E-state index is 0.104. The summed E-state index contributed by atoms with van der Waals surface area (Å²) in [6.07, 6.45) is 0. The first kappa shape index (κ1) is 28.0. The molecule has 2 N–H and O–H groups in total. The first-order valence-corrected chi connectivity index (χ1v) is 10.1. The molecule has 0 bridgehead atoms. The molecule has 2 aromatic rings. The van der Waals surface area contributed by atoms with Gasteiger partial charge in [0.05, 0.1) is 26.5 Å². The van der Waals surface area contributed by atoms with Gasteiger partial charge in [-0.2, -0.15) is 0 Å². The predicted octanol–water partition coefficient (Wildman–Crippen LogP) is 5.23. The highest BCUT2D eigenvalue weighted by molar-refractivity contribution is 5.95. The number of hydrogen-bond donors (Lipinski definition) is 2. The summed E-state index contributed by atoms with van der Waals surface area (Å²) in [5.74, 6) is -0.867. The topological polar surface area (TPSA) is 86.3 Å². The van der Waals surface area contributed by atoms with Crippen LogP contribution in [0.5, 0.6) is 17.2 Å². The van der Waals surface area contributed by atoms with E-state index in [1.807, 2.05) is 27.7 Å². The number of carboxylic acid groups (broad SMARTS) is 1. The summed E-state index contributed by atoms with van der Waals surface area (Å²) in [5, 5.41) is 12.3. The fraction of sp³-hybridized carbons (Fsp3) is 0.435. The lowest BCUT2D eigenvalue weighted by atomic mass is 10.1. The third-order valence-corrected chi connectivity index (χ3v) is 3.80. The summed E-state index contributed by atoms with van der Waals surface area (Å²) in [6.45, 7) is 8.76. The quantitative estimate of drug-likeness (QED) is 0.490. The molecule has 0 aromatic heterocycles. The fourth-order valence-corrected chi connectivity index (χ4v) is 2.45. The van der Waals surface area contributed by atoms with Crippen LogP contribution in [0.1, 0.15) is 43.6 Å². The number of rotatable bonds is 10. The summed E-state index contributed by atoms with van der Waals surface area (Å²) in [4.78, 5) is 11.5. The van der Waals surface area contributed by atoms with Crippen molar-refractivity contribution in [1.29, 1.82) is 0 Å². The summed E-state index contributed by atoms with van der Waals surface area (Å²) in [5.41, 5.74) is 0.398. The van der Waals surface area contributed by atoms with Crippen molar-refractivity contribution in [3.8, 4) is 17.2 Å². The first-order valence-electron chi connectivity index (χ1n) is 10.1. The summed E-state index contributed by atoms with van der Waals surface area (Å²) < 4.78 is 35.0. The number of anilines is 1. The van der Waals surface area contributed by atoms with Gasteiger partial charge in [-0.15, -0.1) is 0 Å². The molecule has 0 fully saturated rings. The molecule has 0 amide bonds. The smallest absolute Gasteiger partial charge is 0.340 e. The van der Waals surface area contributed by atoms with Crippen LogP contribution in [-0.2, 0) is 11.3 Å². The van der Waals surface area contributed by atoms with E-state index < -0.39 is 17.3 Å². The first-order chi connectivity index (χ1) is 15.0. The lowest BCUT2D eigenvalue weighted by Crippen LogP contribution is -2.11. The average Bonchev–Trinajstić information content (AvgIpc) is 2.79. The van der Waals surface area contributed by atoms with E-state index >= 15 is 0 Å². The van der Waals surface area contributed by atoms with Gasteiger partial charge in [0.25, 0.3) is 0 Å². The standard InChI is InChI=1S/C19H22FNO6.2C2H6/c1-24-6-7-27-14-8-15(20)18(19(22)23)16(9-14)21-11-12-4-5-13(25-2)10-17(12)26-3;2*1-2/h4-5,8-10,21H,6-7,11H2,1-3H3,(H,22,23);2*1-2H3. The maximum absolute atomic E-state index is 14.3. The average molecular weight is 440 g/mol. The van der Waals surface area contributed by atoms with Crippen molar-refractivity contribution in [1.82, 2.24) is 0 Å². The molecule has 0 radical (unpaired) electrons. The maximum Gasteiger partial charge on any atom is 0.340 e. The van der Waals surface area contributed by atoms with Crippen molar-refractivity contribution in [2.45, 2.75) is 34.2 Å². The molecule has 31 heavy (non-hydrogen) atoms. The second-order valence-electron chi connectivity index (χ2n) is 5.51. The Balaban J connectivity index is 0.00000212. The molecule has 0 spiro atoms. The predicted molar refractivity (Wildman–Crippen MR) is 120 cm³/mol. The summed E-state index contributed by atoms with van der Waals surface area (Å²) in [7, 11) is 4.58. The third kappa shape index (κ3) is 8.72. The minimum atomic E-state index is -1.37. The highest BCUT2D eigenvalue weighted by atomic mass is 19.1. The van der Waals surface area contributed by atoms with Crippen LogP contribution in [0.15, 0.2) is 30.3 Å². The van der Waals surface area contributed by atoms with E-state index in [0.717, 1.165) is 11.6 Å². The molecule has 0 saturated heterocycles. The van der Waals surface area contributed by atoms with Crippen LogP contribution in [0.25, 0.3) is 0 Å². The van der Waals surface area contributed by atoms with Gasteiger partial charge < -0.3 is 29.4 Å². The van der Waals surface area contributed by atoms with E-state index in [0.29, 0.717) is 18.1 Å². The molecule has 0 atom stereocenters. The Morgan fingerprint density at radius 2 is 1.65 bits per heavy atom. The van der Waals surface area contributed by atoms with Crippen LogP contribution in [0.2, 0.25) is 0 Å². The molecule has 0 aliphatic rings. The molecule has 0 unspecified atom stereocenters. The molecular formula is C23H34FNO6. The number of aromatic carboxylic acids is 1. The molecule has 2 aromatic carbocycles. The van der Waals surface area contributed by atoms with Crippen LogP contribution in [0, 0.1) is 5.82 Å². The van der Waals surface area contributed by atoms with Crippen molar-refractivity contribution in [3.63, 3.8) is 0 Å². The van der Waals surface area contributed by atoms with E-state index in [1.54, 1.807) is 25.3 Å². The van der Waals surface area contributed by atoms with Gasteiger partial charge in [0.1, 0.15) is 35.2 Å². The van der Waals surface area contributed by atoms with Crippen LogP contribution >= 0.6 is 0 Å². The molecular weight excluding hydrogens is 405 g/mol. The monoisotopic (exact) mass is 439 g/mol. The van der Waals surface area contributed by atoms with Gasteiger partial charge in [0.2, 0.25) is 0 Å². The Bertz CT molecular complexity index is 798. The normalized spacial score (nSPS) is 9.42. The number of halogens is 1. The number of carbonyl (C=O) groups is 1. The fourth-order valence-electron chi connectivity index (χ4n) is 2.45. The minimum Gasteiger partial charge on any atom is -0.497 e. The molecule has 2 rings (SSSR count). The van der Waals surface area contributed by atoms with Crippen molar-refractivity contribution in [3.05, 3.63) is 47.3 Å². The number of nitrogens with one attached hydrogen (secondary N) is 1. The Hall–Kier alpha value is -3.00. The van der Waals surface area contributed by atoms with Crippen molar-refractivity contribution in [2.24, 2.45) is 0 Å². The number of carboxylic acids is 1. The Morgan fingerprint density at radius 3 is 2.19 bits per heavy atom.